The number of carbonyl (C=O) groups is 1. The van der Waals surface area contributed by atoms with E-state index in [1.807, 2.05) is 24.3 Å². The monoisotopic (exact) mass is 278 g/mol. The average Bonchev–Trinajstić information content (AvgIpc) is 3.17. The minimum absolute atomic E-state index is 0.0448. The third-order valence-electron chi connectivity index (χ3n) is 4.29. The van der Waals surface area contributed by atoms with Crippen molar-refractivity contribution in [2.75, 3.05) is 13.1 Å². The highest BCUT2D eigenvalue weighted by Gasteiger charge is 2.38. The van der Waals surface area contributed by atoms with E-state index in [4.69, 9.17) is 10.5 Å². The molecule has 1 amide bonds. The zero-order valence-corrected chi connectivity index (χ0v) is 11.9. The van der Waals surface area contributed by atoms with Gasteiger partial charge in [0.2, 0.25) is 0 Å². The number of carbonyl (C=O) groups excluding carboxylic acids is 1. The van der Waals surface area contributed by atoms with Gasteiger partial charge in [-0.1, -0.05) is 0 Å². The zero-order valence-electron chi connectivity index (χ0n) is 11.9. The number of hydrogen-bond donors (Lipinski definition) is 1. The molecule has 20 heavy (non-hydrogen) atoms. The van der Waals surface area contributed by atoms with Crippen molar-refractivity contribution in [3.8, 4) is 0 Å². The van der Waals surface area contributed by atoms with Gasteiger partial charge in [-0.25, -0.2) is 0 Å². The summed E-state index contributed by atoms with van der Waals surface area (Å²) in [6, 6.07) is 0.150. The highest BCUT2D eigenvalue weighted by Crippen LogP contribution is 2.34. The second kappa shape index (κ2) is 5.54. The van der Waals surface area contributed by atoms with Crippen molar-refractivity contribution in [3.05, 3.63) is 18.0 Å². The smallest absolute Gasteiger partial charge is 0.252 e. The van der Waals surface area contributed by atoms with Gasteiger partial charge >= 0.3 is 0 Å². The first-order valence-electron chi connectivity index (χ1n) is 7.33. The first-order chi connectivity index (χ1) is 9.69. The first-order valence-corrected chi connectivity index (χ1v) is 7.33. The Morgan fingerprint density at radius 1 is 1.50 bits per heavy atom. The van der Waals surface area contributed by atoms with Gasteiger partial charge in [0, 0.05) is 31.9 Å². The highest BCUT2D eigenvalue weighted by atomic mass is 16.5. The third-order valence-corrected chi connectivity index (χ3v) is 4.29. The largest absolute Gasteiger partial charge is 0.364 e. The van der Waals surface area contributed by atoms with Crippen molar-refractivity contribution >= 4 is 5.91 Å². The molecule has 6 heteroatoms. The molecule has 2 aliphatic rings. The van der Waals surface area contributed by atoms with Crippen LogP contribution in [0.25, 0.3) is 0 Å². The molecule has 1 aromatic heterocycles. The molecule has 3 heterocycles. The van der Waals surface area contributed by atoms with Gasteiger partial charge < -0.3 is 15.4 Å². The Morgan fingerprint density at radius 3 is 3.00 bits per heavy atom. The maximum Gasteiger partial charge on any atom is 0.252 e. The molecule has 0 aromatic carbocycles. The van der Waals surface area contributed by atoms with E-state index in [0.29, 0.717) is 6.54 Å². The Bertz CT molecular complexity index is 487. The molecule has 2 saturated heterocycles. The lowest BCUT2D eigenvalue weighted by atomic mass is 10.1. The summed E-state index contributed by atoms with van der Waals surface area (Å²) in [5.41, 5.74) is 6.73. The number of nitrogens with two attached hydrogens (primary N) is 1. The number of nitrogens with zero attached hydrogens (tertiary/aromatic N) is 3. The zero-order chi connectivity index (χ0) is 14.1. The number of amides is 1. The lowest BCUT2D eigenvalue weighted by molar-refractivity contribution is -0.143. The Hall–Kier alpha value is -1.40. The molecule has 3 rings (SSSR count). The second-order valence-corrected chi connectivity index (χ2v) is 5.70. The summed E-state index contributed by atoms with van der Waals surface area (Å²) in [5, 5.41) is 4.21. The Kier molecular flexibility index (Phi) is 3.76. The number of aryl methyl sites for hydroxylation is 1. The van der Waals surface area contributed by atoms with Crippen molar-refractivity contribution in [1.82, 2.24) is 14.7 Å². The summed E-state index contributed by atoms with van der Waals surface area (Å²) >= 11 is 0. The summed E-state index contributed by atoms with van der Waals surface area (Å²) in [5.74, 6) is 0.118. The third kappa shape index (κ3) is 2.45. The van der Waals surface area contributed by atoms with Gasteiger partial charge in [-0.05, 0) is 25.7 Å². The van der Waals surface area contributed by atoms with Crippen LogP contribution in [0.2, 0.25) is 0 Å². The summed E-state index contributed by atoms with van der Waals surface area (Å²) in [4.78, 5) is 14.6. The minimum atomic E-state index is -0.305. The van der Waals surface area contributed by atoms with Crippen molar-refractivity contribution in [3.63, 3.8) is 0 Å². The van der Waals surface area contributed by atoms with E-state index in [1.54, 1.807) is 4.68 Å². The van der Waals surface area contributed by atoms with Crippen LogP contribution in [-0.4, -0.2) is 45.9 Å². The van der Waals surface area contributed by atoms with E-state index in [2.05, 4.69) is 5.10 Å². The van der Waals surface area contributed by atoms with Crippen molar-refractivity contribution in [2.24, 2.45) is 12.8 Å². The highest BCUT2D eigenvalue weighted by molar-refractivity contribution is 5.82. The minimum Gasteiger partial charge on any atom is -0.364 e. The summed E-state index contributed by atoms with van der Waals surface area (Å²) in [6.07, 6.45) is 7.31. The van der Waals surface area contributed by atoms with E-state index < -0.39 is 0 Å². The van der Waals surface area contributed by atoms with E-state index in [1.165, 1.54) is 0 Å². The van der Waals surface area contributed by atoms with Gasteiger partial charge in [-0.2, -0.15) is 5.10 Å². The van der Waals surface area contributed by atoms with Crippen molar-refractivity contribution in [2.45, 2.75) is 43.9 Å². The number of aromatic nitrogens is 2. The molecule has 0 aliphatic carbocycles. The lowest BCUT2D eigenvalue weighted by Crippen LogP contribution is -2.39. The second-order valence-electron chi connectivity index (χ2n) is 5.70. The van der Waals surface area contributed by atoms with Crippen LogP contribution in [0.1, 0.15) is 37.3 Å². The molecular formula is C14H22N4O2. The van der Waals surface area contributed by atoms with Gasteiger partial charge in [0.1, 0.15) is 6.10 Å². The molecule has 1 aromatic rings. The predicted octanol–water partition coefficient (Wildman–Crippen LogP) is 0.590. The summed E-state index contributed by atoms with van der Waals surface area (Å²) < 4.78 is 7.52. The Balaban J connectivity index is 1.71. The van der Waals surface area contributed by atoms with Crippen molar-refractivity contribution < 1.29 is 9.53 Å². The molecule has 2 fully saturated rings. The molecule has 1 unspecified atom stereocenters. The van der Waals surface area contributed by atoms with Gasteiger partial charge in [0.05, 0.1) is 18.3 Å². The molecule has 0 radical (unpaired) electrons. The molecular weight excluding hydrogens is 256 g/mol. The molecule has 110 valence electrons. The Labute approximate surface area is 118 Å². The molecule has 3 atom stereocenters. The van der Waals surface area contributed by atoms with Gasteiger partial charge in [-0.15, -0.1) is 0 Å². The summed E-state index contributed by atoms with van der Waals surface area (Å²) in [7, 11) is 1.90. The Morgan fingerprint density at radius 2 is 2.35 bits per heavy atom. The van der Waals surface area contributed by atoms with E-state index >= 15 is 0 Å². The number of hydrogen-bond acceptors (Lipinski definition) is 4. The van der Waals surface area contributed by atoms with Gasteiger partial charge in [0.15, 0.2) is 0 Å². The molecule has 2 N–H and O–H groups in total. The van der Waals surface area contributed by atoms with Crippen LogP contribution in [0.5, 0.6) is 0 Å². The number of ether oxygens (including phenoxy) is 1. The van der Waals surface area contributed by atoms with Crippen LogP contribution >= 0.6 is 0 Å². The van der Waals surface area contributed by atoms with Gasteiger partial charge in [-0.3, -0.25) is 9.48 Å². The van der Waals surface area contributed by atoms with Crippen LogP contribution in [0.3, 0.4) is 0 Å². The molecule has 0 bridgehead atoms. The molecule has 0 saturated carbocycles. The fourth-order valence-electron chi connectivity index (χ4n) is 3.23. The van der Waals surface area contributed by atoms with Gasteiger partial charge in [0.25, 0.3) is 5.91 Å². The quantitative estimate of drug-likeness (QED) is 0.878. The fraction of sp³-hybridized carbons (Fsp3) is 0.714. The lowest BCUT2D eigenvalue weighted by Gasteiger charge is -2.26. The van der Waals surface area contributed by atoms with Crippen LogP contribution in [-0.2, 0) is 16.6 Å². The maximum absolute atomic E-state index is 12.6. The van der Waals surface area contributed by atoms with Crippen LogP contribution in [0, 0.1) is 0 Å². The van der Waals surface area contributed by atoms with Crippen molar-refractivity contribution in [1.29, 1.82) is 0 Å². The van der Waals surface area contributed by atoms with E-state index in [9.17, 15) is 4.79 Å². The van der Waals surface area contributed by atoms with E-state index in [-0.39, 0.29) is 24.2 Å². The number of rotatable bonds is 3. The summed E-state index contributed by atoms with van der Waals surface area (Å²) in [6.45, 7) is 1.31. The first kappa shape index (κ1) is 13.6. The predicted molar refractivity (Wildman–Crippen MR) is 73.8 cm³/mol. The fourth-order valence-corrected chi connectivity index (χ4v) is 3.23. The molecule has 2 aliphatic heterocycles. The average molecular weight is 278 g/mol. The van der Waals surface area contributed by atoms with Crippen LogP contribution < -0.4 is 5.73 Å². The standard InChI is InChI=1S/C14H22N4O2/c1-17-9-10(8-16-17)12-3-2-6-18(12)14(19)13-5-4-11(7-15)20-13/h8-9,11-13H,2-7,15H2,1H3/t11-,12?,13+/m1/s1. The normalized spacial score (nSPS) is 30.1. The SMILES string of the molecule is Cn1cc(C2CCCN2C(=O)[C@@H]2CC[C@H](CN)O2)cn1. The molecule has 0 spiro atoms. The molecule has 6 nitrogen and oxygen atoms in total. The topological polar surface area (TPSA) is 73.4 Å². The van der Waals surface area contributed by atoms with Crippen LogP contribution in [0.4, 0.5) is 0 Å². The van der Waals surface area contributed by atoms with Crippen LogP contribution in [0.15, 0.2) is 12.4 Å². The maximum atomic E-state index is 12.6. The van der Waals surface area contributed by atoms with E-state index in [0.717, 1.165) is 37.8 Å². The number of likely N-dealkylation sites (tertiary alicyclic amines) is 1.